The van der Waals surface area contributed by atoms with Gasteiger partial charge in [-0.3, -0.25) is 0 Å². The monoisotopic (exact) mass is 200 g/mol. The van der Waals surface area contributed by atoms with Crippen LogP contribution in [0.5, 0.6) is 0 Å². The standard InChI is InChI=1S/C9H16O3Si/c1-8(2)13(10-3,11-4)9-6-5-7-12-9/h5-8H,1-4H3. The number of furan rings is 1. The molecule has 0 atom stereocenters. The zero-order valence-electron chi connectivity index (χ0n) is 8.53. The van der Waals surface area contributed by atoms with Gasteiger partial charge in [0, 0.05) is 19.8 Å². The Morgan fingerprint density at radius 1 is 1.31 bits per heavy atom. The first-order valence-corrected chi connectivity index (χ1v) is 6.21. The molecule has 0 radical (unpaired) electrons. The summed E-state index contributed by atoms with van der Waals surface area (Å²) in [5, 5.41) is 0.840. The molecule has 0 amide bonds. The summed E-state index contributed by atoms with van der Waals surface area (Å²) < 4.78 is 16.4. The van der Waals surface area contributed by atoms with Crippen molar-refractivity contribution in [3.63, 3.8) is 0 Å². The fourth-order valence-electron chi connectivity index (χ4n) is 1.52. The highest BCUT2D eigenvalue weighted by molar-refractivity contribution is 6.81. The van der Waals surface area contributed by atoms with Crippen molar-refractivity contribution in [2.24, 2.45) is 0 Å². The van der Waals surface area contributed by atoms with Crippen molar-refractivity contribution in [2.45, 2.75) is 19.4 Å². The molecule has 1 aromatic heterocycles. The largest absolute Gasteiger partial charge is 0.469 e. The molecule has 13 heavy (non-hydrogen) atoms. The van der Waals surface area contributed by atoms with Crippen LogP contribution in [-0.2, 0) is 8.85 Å². The molecule has 1 rings (SSSR count). The summed E-state index contributed by atoms with van der Waals surface area (Å²) in [7, 11) is 1.05. The van der Waals surface area contributed by atoms with E-state index in [2.05, 4.69) is 13.8 Å². The van der Waals surface area contributed by atoms with Crippen LogP contribution in [0.2, 0.25) is 5.54 Å². The minimum atomic E-state index is -2.31. The van der Waals surface area contributed by atoms with Gasteiger partial charge in [0.1, 0.15) is 5.38 Å². The molecule has 0 fully saturated rings. The molecule has 0 saturated heterocycles. The van der Waals surface area contributed by atoms with Crippen molar-refractivity contribution < 1.29 is 13.3 Å². The Kier molecular flexibility index (Phi) is 3.30. The predicted molar refractivity (Wildman–Crippen MR) is 53.2 cm³/mol. The quantitative estimate of drug-likeness (QED) is 0.692. The van der Waals surface area contributed by atoms with Gasteiger partial charge in [-0.25, -0.2) is 0 Å². The maximum Gasteiger partial charge on any atom is 0.411 e. The van der Waals surface area contributed by atoms with Gasteiger partial charge >= 0.3 is 8.56 Å². The van der Waals surface area contributed by atoms with Crippen LogP contribution >= 0.6 is 0 Å². The lowest BCUT2D eigenvalue weighted by molar-refractivity contribution is 0.241. The van der Waals surface area contributed by atoms with Gasteiger partial charge in [-0.2, -0.15) is 0 Å². The second-order valence-corrected chi connectivity index (χ2v) is 7.01. The molecule has 1 aromatic rings. The zero-order valence-corrected chi connectivity index (χ0v) is 9.53. The summed E-state index contributed by atoms with van der Waals surface area (Å²) in [6.45, 7) is 4.17. The molecule has 0 unspecified atom stereocenters. The van der Waals surface area contributed by atoms with E-state index in [1.807, 2.05) is 12.1 Å². The van der Waals surface area contributed by atoms with Crippen LogP contribution in [0.15, 0.2) is 22.8 Å². The topological polar surface area (TPSA) is 31.6 Å². The third-order valence-electron chi connectivity index (χ3n) is 2.23. The van der Waals surface area contributed by atoms with Gasteiger partial charge in [-0.1, -0.05) is 13.8 Å². The van der Waals surface area contributed by atoms with Gasteiger partial charge in [-0.15, -0.1) is 0 Å². The first-order valence-electron chi connectivity index (χ1n) is 4.31. The lowest BCUT2D eigenvalue weighted by Crippen LogP contribution is -2.54. The first kappa shape index (κ1) is 10.5. The minimum Gasteiger partial charge on any atom is -0.469 e. The Labute approximate surface area is 79.9 Å². The maximum absolute atomic E-state index is 5.52. The highest BCUT2D eigenvalue weighted by atomic mass is 28.4. The fourth-order valence-corrected chi connectivity index (χ4v) is 4.16. The van der Waals surface area contributed by atoms with E-state index in [-0.39, 0.29) is 0 Å². The van der Waals surface area contributed by atoms with Crippen LogP contribution in [0.3, 0.4) is 0 Å². The summed E-state index contributed by atoms with van der Waals surface area (Å²) in [6, 6.07) is 3.77. The van der Waals surface area contributed by atoms with Crippen LogP contribution in [0.4, 0.5) is 0 Å². The highest BCUT2D eigenvalue weighted by Crippen LogP contribution is 2.21. The summed E-state index contributed by atoms with van der Waals surface area (Å²) >= 11 is 0. The molecule has 0 aliphatic carbocycles. The van der Waals surface area contributed by atoms with E-state index in [0.29, 0.717) is 5.54 Å². The molecule has 0 N–H and O–H groups in total. The molecule has 3 nitrogen and oxygen atoms in total. The Hall–Kier alpha value is -0.583. The van der Waals surface area contributed by atoms with Crippen molar-refractivity contribution >= 4 is 13.9 Å². The molecule has 74 valence electrons. The second-order valence-electron chi connectivity index (χ2n) is 3.21. The molecule has 0 aromatic carbocycles. The summed E-state index contributed by atoms with van der Waals surface area (Å²) in [5.41, 5.74) is 0.327. The first-order chi connectivity index (χ1) is 6.17. The molecule has 0 saturated carbocycles. The molecule has 0 aliphatic rings. The lowest BCUT2D eigenvalue weighted by Gasteiger charge is -2.28. The normalized spacial score (nSPS) is 12.4. The minimum absolute atomic E-state index is 0.327. The third kappa shape index (κ3) is 1.70. The molecule has 0 bridgehead atoms. The Balaban J connectivity index is 3.03. The van der Waals surface area contributed by atoms with Crippen molar-refractivity contribution in [1.29, 1.82) is 0 Å². The third-order valence-corrected chi connectivity index (χ3v) is 5.94. The van der Waals surface area contributed by atoms with Crippen LogP contribution in [-0.4, -0.2) is 22.8 Å². The van der Waals surface area contributed by atoms with Gasteiger partial charge in [0.05, 0.1) is 6.26 Å². The molecule has 1 heterocycles. The van der Waals surface area contributed by atoms with Crippen molar-refractivity contribution in [2.75, 3.05) is 14.2 Å². The van der Waals surface area contributed by atoms with E-state index in [1.165, 1.54) is 0 Å². The van der Waals surface area contributed by atoms with Crippen molar-refractivity contribution in [3.05, 3.63) is 18.4 Å². The van der Waals surface area contributed by atoms with E-state index in [0.717, 1.165) is 5.38 Å². The van der Waals surface area contributed by atoms with Crippen molar-refractivity contribution in [1.82, 2.24) is 0 Å². The molecular formula is C9H16O3Si. The lowest BCUT2D eigenvalue weighted by atomic mass is 10.6. The van der Waals surface area contributed by atoms with E-state index in [1.54, 1.807) is 20.5 Å². The average molecular weight is 200 g/mol. The van der Waals surface area contributed by atoms with E-state index in [9.17, 15) is 0 Å². The van der Waals surface area contributed by atoms with Crippen LogP contribution in [0.25, 0.3) is 0 Å². The van der Waals surface area contributed by atoms with Gasteiger partial charge < -0.3 is 13.3 Å². The predicted octanol–water partition coefficient (Wildman–Crippen LogP) is 1.63. The Bertz CT molecular complexity index is 239. The number of rotatable bonds is 4. The smallest absolute Gasteiger partial charge is 0.411 e. The Morgan fingerprint density at radius 3 is 2.23 bits per heavy atom. The van der Waals surface area contributed by atoms with E-state index in [4.69, 9.17) is 13.3 Å². The summed E-state index contributed by atoms with van der Waals surface area (Å²) in [6.07, 6.45) is 1.65. The van der Waals surface area contributed by atoms with Gasteiger partial charge in [0.2, 0.25) is 0 Å². The molecular weight excluding hydrogens is 184 g/mol. The summed E-state index contributed by atoms with van der Waals surface area (Å²) in [5.74, 6) is 0. The molecule has 4 heteroatoms. The number of hydrogen-bond donors (Lipinski definition) is 0. The summed E-state index contributed by atoms with van der Waals surface area (Å²) in [4.78, 5) is 0. The average Bonchev–Trinajstić information content (AvgIpc) is 2.60. The van der Waals surface area contributed by atoms with E-state index >= 15 is 0 Å². The van der Waals surface area contributed by atoms with Crippen LogP contribution in [0, 0.1) is 0 Å². The zero-order chi connectivity index (χ0) is 9.90. The fraction of sp³-hybridized carbons (Fsp3) is 0.556. The highest BCUT2D eigenvalue weighted by Gasteiger charge is 2.44. The van der Waals surface area contributed by atoms with Gasteiger partial charge in [0.25, 0.3) is 0 Å². The Morgan fingerprint density at radius 2 is 1.92 bits per heavy atom. The maximum atomic E-state index is 5.52. The van der Waals surface area contributed by atoms with Crippen LogP contribution in [0.1, 0.15) is 13.8 Å². The van der Waals surface area contributed by atoms with Gasteiger partial charge in [0.15, 0.2) is 0 Å². The second kappa shape index (κ2) is 4.08. The van der Waals surface area contributed by atoms with Crippen LogP contribution < -0.4 is 5.38 Å². The molecule has 0 spiro atoms. The SMILES string of the molecule is CO[Si](OC)(c1ccco1)C(C)C. The van der Waals surface area contributed by atoms with Gasteiger partial charge in [-0.05, 0) is 12.1 Å². The number of hydrogen-bond acceptors (Lipinski definition) is 3. The van der Waals surface area contributed by atoms with Crippen molar-refractivity contribution in [3.8, 4) is 0 Å². The molecule has 0 aliphatic heterocycles. The van der Waals surface area contributed by atoms with E-state index < -0.39 is 8.56 Å².